The van der Waals surface area contributed by atoms with Crippen molar-refractivity contribution in [3.8, 4) is 28.3 Å². The zero-order valence-corrected chi connectivity index (χ0v) is 11.4. The average Bonchev–Trinajstić information content (AvgIpc) is 2.55. The highest BCUT2D eigenvalue weighted by Crippen LogP contribution is 2.32. The third kappa shape index (κ3) is 2.69. The molecule has 0 amide bonds. The third-order valence-corrected chi connectivity index (χ3v) is 3.14. The van der Waals surface area contributed by atoms with Crippen LogP contribution < -0.4 is 10.3 Å². The Labute approximate surface area is 121 Å². The number of nitrogens with zero attached hydrogens (tertiary/aromatic N) is 1. The second-order valence-corrected chi connectivity index (χ2v) is 4.45. The fourth-order valence-corrected chi connectivity index (χ4v) is 2.16. The average molecular weight is 279 g/mol. The van der Waals surface area contributed by atoms with Crippen LogP contribution in [0.2, 0.25) is 0 Å². The lowest BCUT2D eigenvalue weighted by Gasteiger charge is -2.09. The molecule has 3 aromatic rings. The number of hydrogen-bond donors (Lipinski definition) is 0. The highest BCUT2D eigenvalue weighted by molar-refractivity contribution is 5.80. The zero-order valence-electron chi connectivity index (χ0n) is 11.4. The molecule has 21 heavy (non-hydrogen) atoms. The monoisotopic (exact) mass is 279 g/mol. The van der Waals surface area contributed by atoms with Crippen LogP contribution in [0, 0.1) is 0 Å². The van der Waals surface area contributed by atoms with E-state index in [1.807, 2.05) is 48.5 Å². The minimum absolute atomic E-state index is 0.306. The van der Waals surface area contributed by atoms with Crippen molar-refractivity contribution in [1.29, 1.82) is 0 Å². The molecule has 2 aromatic carbocycles. The van der Waals surface area contributed by atoms with Gasteiger partial charge in [-0.25, -0.2) is 0 Å². The van der Waals surface area contributed by atoms with Gasteiger partial charge in [-0.3, -0.25) is 4.79 Å². The van der Waals surface area contributed by atoms with E-state index in [0.717, 1.165) is 22.4 Å². The van der Waals surface area contributed by atoms with E-state index in [1.165, 1.54) is 12.3 Å². The molecule has 0 aliphatic carbocycles. The van der Waals surface area contributed by atoms with E-state index in [9.17, 15) is 4.79 Å². The summed E-state index contributed by atoms with van der Waals surface area (Å²) in [5.41, 5.74) is 2.34. The van der Waals surface area contributed by atoms with Gasteiger partial charge in [0.25, 0.3) is 5.56 Å². The summed E-state index contributed by atoms with van der Waals surface area (Å²) in [6.45, 7) is 0. The summed E-state index contributed by atoms with van der Waals surface area (Å²) < 4.78 is 10.6. The number of ether oxygens (including phenoxy) is 1. The van der Waals surface area contributed by atoms with Crippen molar-refractivity contribution >= 4 is 0 Å². The molecule has 0 atom stereocenters. The quantitative estimate of drug-likeness (QED) is 0.737. The Balaban J connectivity index is 2.18. The number of benzene rings is 2. The van der Waals surface area contributed by atoms with Gasteiger partial charge in [-0.15, -0.1) is 0 Å². The van der Waals surface area contributed by atoms with Gasteiger partial charge in [-0.05, 0) is 29.3 Å². The van der Waals surface area contributed by atoms with Crippen LogP contribution in [0.15, 0.2) is 70.1 Å². The molecule has 0 saturated heterocycles. The van der Waals surface area contributed by atoms with E-state index in [-0.39, 0.29) is 5.56 Å². The van der Waals surface area contributed by atoms with Crippen molar-refractivity contribution < 1.29 is 9.15 Å². The summed E-state index contributed by atoms with van der Waals surface area (Å²) in [6, 6.07) is 16.6. The predicted octanol–water partition coefficient (Wildman–Crippen LogP) is 3.38. The molecule has 0 aliphatic heterocycles. The maximum atomic E-state index is 11.4. The molecule has 0 radical (unpaired) electrons. The van der Waals surface area contributed by atoms with Gasteiger partial charge in [-0.2, -0.15) is 4.98 Å². The smallest absolute Gasteiger partial charge is 0.276 e. The van der Waals surface area contributed by atoms with Gasteiger partial charge >= 0.3 is 0 Å². The van der Waals surface area contributed by atoms with Crippen molar-refractivity contribution in [2.45, 2.75) is 0 Å². The van der Waals surface area contributed by atoms with Crippen molar-refractivity contribution in [2.24, 2.45) is 0 Å². The van der Waals surface area contributed by atoms with Crippen LogP contribution in [0.25, 0.3) is 22.6 Å². The third-order valence-electron chi connectivity index (χ3n) is 3.14. The molecular weight excluding hydrogens is 266 g/mol. The highest BCUT2D eigenvalue weighted by atomic mass is 16.5. The first kappa shape index (κ1) is 13.1. The number of methoxy groups -OCH3 is 1. The van der Waals surface area contributed by atoms with E-state index in [4.69, 9.17) is 9.15 Å². The van der Waals surface area contributed by atoms with Gasteiger partial charge in [0, 0.05) is 11.6 Å². The topological polar surface area (TPSA) is 52.3 Å². The fraction of sp³-hybridized carbons (Fsp3) is 0.0588. The van der Waals surface area contributed by atoms with Crippen LogP contribution in [0.5, 0.6) is 5.75 Å². The first-order valence-electron chi connectivity index (χ1n) is 6.47. The minimum atomic E-state index is -0.323. The molecular formula is C17H13NO3. The molecule has 0 saturated carbocycles. The van der Waals surface area contributed by atoms with E-state index in [0.29, 0.717) is 5.89 Å². The lowest BCUT2D eigenvalue weighted by atomic mass is 9.99. The van der Waals surface area contributed by atoms with Crippen LogP contribution in [0.3, 0.4) is 0 Å². The van der Waals surface area contributed by atoms with E-state index in [2.05, 4.69) is 4.98 Å². The maximum Gasteiger partial charge on any atom is 0.276 e. The van der Waals surface area contributed by atoms with E-state index in [1.54, 1.807) is 7.11 Å². The Morgan fingerprint density at radius 1 is 1.00 bits per heavy atom. The molecule has 0 spiro atoms. The summed E-state index contributed by atoms with van der Waals surface area (Å²) in [5, 5.41) is 0. The van der Waals surface area contributed by atoms with Gasteiger partial charge in [0.15, 0.2) is 0 Å². The molecule has 0 unspecified atom stereocenters. The standard InChI is InChI=1S/C17H13NO3/c1-20-13-6-4-5-12(11-13)14-7-2-3-8-15(14)17-18-16(19)9-10-21-17/h2-11H,1H3. The molecule has 4 nitrogen and oxygen atoms in total. The predicted molar refractivity (Wildman–Crippen MR) is 80.2 cm³/mol. The second kappa shape index (κ2) is 5.63. The van der Waals surface area contributed by atoms with Crippen molar-refractivity contribution in [3.05, 3.63) is 71.2 Å². The molecule has 0 bridgehead atoms. The normalized spacial score (nSPS) is 10.3. The Bertz CT molecular complexity index is 824. The first-order chi connectivity index (χ1) is 10.3. The molecule has 4 heteroatoms. The Hall–Kier alpha value is -2.88. The first-order valence-corrected chi connectivity index (χ1v) is 6.47. The molecule has 3 rings (SSSR count). The van der Waals surface area contributed by atoms with E-state index < -0.39 is 0 Å². The summed E-state index contributed by atoms with van der Waals surface area (Å²) >= 11 is 0. The van der Waals surface area contributed by atoms with Gasteiger partial charge in [0.05, 0.1) is 13.4 Å². The van der Waals surface area contributed by atoms with Crippen LogP contribution >= 0.6 is 0 Å². The van der Waals surface area contributed by atoms with Gasteiger partial charge < -0.3 is 9.15 Å². The van der Waals surface area contributed by atoms with Crippen LogP contribution in [-0.4, -0.2) is 12.1 Å². The van der Waals surface area contributed by atoms with Crippen LogP contribution in [0.1, 0.15) is 0 Å². The Kier molecular flexibility index (Phi) is 3.51. The molecule has 104 valence electrons. The minimum Gasteiger partial charge on any atom is -0.497 e. The Morgan fingerprint density at radius 2 is 1.81 bits per heavy atom. The van der Waals surface area contributed by atoms with Gasteiger partial charge in [0.1, 0.15) is 5.75 Å². The Morgan fingerprint density at radius 3 is 2.57 bits per heavy atom. The molecule has 0 N–H and O–H groups in total. The van der Waals surface area contributed by atoms with Gasteiger partial charge in [0.2, 0.25) is 5.89 Å². The van der Waals surface area contributed by atoms with E-state index >= 15 is 0 Å². The van der Waals surface area contributed by atoms with Crippen molar-refractivity contribution in [3.63, 3.8) is 0 Å². The van der Waals surface area contributed by atoms with Crippen LogP contribution in [-0.2, 0) is 0 Å². The van der Waals surface area contributed by atoms with Crippen LogP contribution in [0.4, 0.5) is 0 Å². The largest absolute Gasteiger partial charge is 0.497 e. The molecule has 1 aromatic heterocycles. The lowest BCUT2D eigenvalue weighted by Crippen LogP contribution is -2.03. The number of hydrogen-bond acceptors (Lipinski definition) is 4. The van der Waals surface area contributed by atoms with Crippen molar-refractivity contribution in [2.75, 3.05) is 7.11 Å². The summed E-state index contributed by atoms with van der Waals surface area (Å²) in [4.78, 5) is 15.3. The van der Waals surface area contributed by atoms with Crippen molar-refractivity contribution in [1.82, 2.24) is 4.98 Å². The summed E-state index contributed by atoms with van der Waals surface area (Å²) in [7, 11) is 1.63. The SMILES string of the molecule is COc1cccc(-c2ccccc2-c2nc(=O)cco2)c1. The fourth-order valence-electron chi connectivity index (χ4n) is 2.16. The van der Waals surface area contributed by atoms with Gasteiger partial charge in [-0.1, -0.05) is 30.3 Å². The maximum absolute atomic E-state index is 11.4. The number of aromatic nitrogens is 1. The summed E-state index contributed by atoms with van der Waals surface area (Å²) in [6.07, 6.45) is 1.35. The molecule has 0 aliphatic rings. The second-order valence-electron chi connectivity index (χ2n) is 4.45. The molecule has 0 fully saturated rings. The number of rotatable bonds is 3. The summed E-state index contributed by atoms with van der Waals surface area (Å²) in [5.74, 6) is 1.07. The lowest BCUT2D eigenvalue weighted by molar-refractivity contribution is 0.415. The molecule has 1 heterocycles. The zero-order chi connectivity index (χ0) is 14.7. The highest BCUT2D eigenvalue weighted by Gasteiger charge is 2.11.